The zero-order chi connectivity index (χ0) is 14.4. The standard InChI is InChI=1S/C16H22N2O2/c1-2-11-20-15-5-3-13(4-6-15)16(12-17)18-9-7-14(19)8-10-18/h3-6,14,16,19H,2,7-11H2,1H3. The van der Waals surface area contributed by atoms with Crippen LogP contribution < -0.4 is 4.74 Å². The van der Waals surface area contributed by atoms with Gasteiger partial charge in [-0.2, -0.15) is 5.26 Å². The Kier molecular flexibility index (Phi) is 5.40. The lowest BCUT2D eigenvalue weighted by molar-refractivity contribution is 0.0716. The van der Waals surface area contributed by atoms with Gasteiger partial charge in [-0.3, -0.25) is 4.90 Å². The highest BCUT2D eigenvalue weighted by Crippen LogP contribution is 2.25. The highest BCUT2D eigenvalue weighted by molar-refractivity contribution is 5.31. The van der Waals surface area contributed by atoms with E-state index in [4.69, 9.17) is 4.74 Å². The number of aliphatic hydroxyl groups excluding tert-OH is 1. The maximum absolute atomic E-state index is 9.54. The van der Waals surface area contributed by atoms with E-state index in [-0.39, 0.29) is 12.1 Å². The molecule has 4 nitrogen and oxygen atoms in total. The lowest BCUT2D eigenvalue weighted by Gasteiger charge is -2.32. The van der Waals surface area contributed by atoms with Crippen LogP contribution in [-0.4, -0.2) is 35.8 Å². The van der Waals surface area contributed by atoms with Gasteiger partial charge in [-0.15, -0.1) is 0 Å². The molecule has 4 heteroatoms. The first-order valence-corrected chi connectivity index (χ1v) is 7.29. The van der Waals surface area contributed by atoms with E-state index < -0.39 is 0 Å². The molecular weight excluding hydrogens is 252 g/mol. The predicted octanol–water partition coefficient (Wildman–Crippen LogP) is 2.50. The molecule has 1 saturated heterocycles. The van der Waals surface area contributed by atoms with Crippen LogP contribution in [0.5, 0.6) is 5.75 Å². The molecule has 1 N–H and O–H groups in total. The minimum absolute atomic E-state index is 0.213. The molecule has 0 aromatic heterocycles. The largest absolute Gasteiger partial charge is 0.494 e. The van der Waals surface area contributed by atoms with Crippen molar-refractivity contribution in [2.75, 3.05) is 19.7 Å². The number of ether oxygens (including phenoxy) is 1. The molecule has 108 valence electrons. The molecule has 1 aliphatic rings. The van der Waals surface area contributed by atoms with Crippen molar-refractivity contribution < 1.29 is 9.84 Å². The van der Waals surface area contributed by atoms with Crippen LogP contribution in [0.1, 0.15) is 37.8 Å². The molecule has 0 saturated carbocycles. The van der Waals surface area contributed by atoms with Crippen molar-refractivity contribution in [1.29, 1.82) is 5.26 Å². The van der Waals surface area contributed by atoms with Gasteiger partial charge in [0, 0.05) is 13.1 Å². The third-order valence-electron chi connectivity index (χ3n) is 3.66. The number of benzene rings is 1. The number of hydrogen-bond acceptors (Lipinski definition) is 4. The Bertz CT molecular complexity index is 445. The maximum Gasteiger partial charge on any atom is 0.123 e. The van der Waals surface area contributed by atoms with Crippen molar-refractivity contribution in [2.45, 2.75) is 38.3 Å². The number of aliphatic hydroxyl groups is 1. The van der Waals surface area contributed by atoms with Crippen molar-refractivity contribution >= 4 is 0 Å². The summed E-state index contributed by atoms with van der Waals surface area (Å²) in [6, 6.07) is 9.91. The van der Waals surface area contributed by atoms with Crippen molar-refractivity contribution in [3.8, 4) is 11.8 Å². The van der Waals surface area contributed by atoms with E-state index in [2.05, 4.69) is 17.9 Å². The molecule has 1 heterocycles. The van der Waals surface area contributed by atoms with Crippen molar-refractivity contribution in [2.24, 2.45) is 0 Å². The molecule has 0 amide bonds. The van der Waals surface area contributed by atoms with Gasteiger partial charge in [0.2, 0.25) is 0 Å². The average molecular weight is 274 g/mol. The average Bonchev–Trinajstić information content (AvgIpc) is 2.49. The molecular formula is C16H22N2O2. The summed E-state index contributed by atoms with van der Waals surface area (Å²) in [5, 5.41) is 19.0. The maximum atomic E-state index is 9.54. The van der Waals surface area contributed by atoms with E-state index in [1.165, 1.54) is 0 Å². The first kappa shape index (κ1) is 14.8. The number of piperidine rings is 1. The molecule has 0 radical (unpaired) electrons. The van der Waals surface area contributed by atoms with Gasteiger partial charge < -0.3 is 9.84 Å². The Balaban J connectivity index is 2.02. The van der Waals surface area contributed by atoms with Crippen LogP contribution in [-0.2, 0) is 0 Å². The number of nitriles is 1. The minimum Gasteiger partial charge on any atom is -0.494 e. The zero-order valence-corrected chi connectivity index (χ0v) is 12.0. The molecule has 0 spiro atoms. The van der Waals surface area contributed by atoms with E-state index in [1.54, 1.807) is 0 Å². The van der Waals surface area contributed by atoms with E-state index in [1.807, 2.05) is 24.3 Å². The monoisotopic (exact) mass is 274 g/mol. The van der Waals surface area contributed by atoms with Crippen LogP contribution in [0.15, 0.2) is 24.3 Å². The van der Waals surface area contributed by atoms with E-state index in [0.717, 1.165) is 43.7 Å². The van der Waals surface area contributed by atoms with Crippen LogP contribution in [0, 0.1) is 11.3 Å². The Morgan fingerprint density at radius 1 is 1.35 bits per heavy atom. The van der Waals surface area contributed by atoms with Gasteiger partial charge in [0.1, 0.15) is 11.8 Å². The van der Waals surface area contributed by atoms with E-state index in [9.17, 15) is 10.4 Å². The summed E-state index contributed by atoms with van der Waals surface area (Å²) in [4.78, 5) is 2.13. The Morgan fingerprint density at radius 2 is 2.00 bits per heavy atom. The quantitative estimate of drug-likeness (QED) is 0.896. The molecule has 0 bridgehead atoms. The lowest BCUT2D eigenvalue weighted by Crippen LogP contribution is -2.38. The van der Waals surface area contributed by atoms with Crippen molar-refractivity contribution in [3.05, 3.63) is 29.8 Å². The fourth-order valence-electron chi connectivity index (χ4n) is 2.48. The van der Waals surface area contributed by atoms with Gasteiger partial charge in [-0.05, 0) is 37.0 Å². The van der Waals surface area contributed by atoms with Gasteiger partial charge in [0.15, 0.2) is 0 Å². The Labute approximate surface area is 120 Å². The van der Waals surface area contributed by atoms with E-state index in [0.29, 0.717) is 6.61 Å². The topological polar surface area (TPSA) is 56.5 Å². The van der Waals surface area contributed by atoms with Gasteiger partial charge in [-0.1, -0.05) is 19.1 Å². The third-order valence-corrected chi connectivity index (χ3v) is 3.66. The summed E-state index contributed by atoms with van der Waals surface area (Å²) in [6.07, 6.45) is 2.26. The SMILES string of the molecule is CCCOc1ccc(C(C#N)N2CCC(O)CC2)cc1. The second-order valence-electron chi connectivity index (χ2n) is 5.22. The Hall–Kier alpha value is -1.57. The molecule has 1 unspecified atom stereocenters. The number of nitrogens with zero attached hydrogens (tertiary/aromatic N) is 2. The van der Waals surface area contributed by atoms with Crippen LogP contribution in [0.25, 0.3) is 0 Å². The summed E-state index contributed by atoms with van der Waals surface area (Å²) in [5.41, 5.74) is 0.993. The van der Waals surface area contributed by atoms with Crippen LogP contribution in [0.3, 0.4) is 0 Å². The number of rotatable bonds is 5. The van der Waals surface area contributed by atoms with Gasteiger partial charge in [0.05, 0.1) is 18.8 Å². The molecule has 1 aliphatic heterocycles. The molecule has 2 rings (SSSR count). The molecule has 1 aromatic rings. The number of hydrogen-bond donors (Lipinski definition) is 1. The highest BCUT2D eigenvalue weighted by Gasteiger charge is 2.25. The van der Waals surface area contributed by atoms with Crippen molar-refractivity contribution in [1.82, 2.24) is 4.90 Å². The number of likely N-dealkylation sites (tertiary alicyclic amines) is 1. The zero-order valence-electron chi connectivity index (χ0n) is 12.0. The fourth-order valence-corrected chi connectivity index (χ4v) is 2.48. The fraction of sp³-hybridized carbons (Fsp3) is 0.562. The summed E-state index contributed by atoms with van der Waals surface area (Å²) in [5.74, 6) is 0.848. The van der Waals surface area contributed by atoms with Crippen LogP contribution in [0.2, 0.25) is 0 Å². The summed E-state index contributed by atoms with van der Waals surface area (Å²) < 4.78 is 5.55. The molecule has 1 atom stereocenters. The Morgan fingerprint density at radius 3 is 2.55 bits per heavy atom. The third kappa shape index (κ3) is 3.72. The van der Waals surface area contributed by atoms with Gasteiger partial charge in [0.25, 0.3) is 0 Å². The lowest BCUT2D eigenvalue weighted by atomic mass is 10.0. The van der Waals surface area contributed by atoms with Crippen LogP contribution >= 0.6 is 0 Å². The normalized spacial score (nSPS) is 18.4. The summed E-state index contributed by atoms with van der Waals surface area (Å²) >= 11 is 0. The molecule has 20 heavy (non-hydrogen) atoms. The summed E-state index contributed by atoms with van der Waals surface area (Å²) in [7, 11) is 0. The first-order valence-electron chi connectivity index (χ1n) is 7.29. The second kappa shape index (κ2) is 7.28. The second-order valence-corrected chi connectivity index (χ2v) is 5.22. The first-order chi connectivity index (χ1) is 9.74. The molecule has 1 fully saturated rings. The molecule has 1 aromatic carbocycles. The van der Waals surface area contributed by atoms with Gasteiger partial charge >= 0.3 is 0 Å². The molecule has 0 aliphatic carbocycles. The van der Waals surface area contributed by atoms with Gasteiger partial charge in [-0.25, -0.2) is 0 Å². The smallest absolute Gasteiger partial charge is 0.123 e. The van der Waals surface area contributed by atoms with Crippen LogP contribution in [0.4, 0.5) is 0 Å². The minimum atomic E-state index is -0.234. The highest BCUT2D eigenvalue weighted by atomic mass is 16.5. The van der Waals surface area contributed by atoms with Crippen molar-refractivity contribution in [3.63, 3.8) is 0 Å². The van der Waals surface area contributed by atoms with E-state index >= 15 is 0 Å². The summed E-state index contributed by atoms with van der Waals surface area (Å²) in [6.45, 7) is 4.33. The predicted molar refractivity (Wildman–Crippen MR) is 77.4 cm³/mol.